The van der Waals surface area contributed by atoms with Crippen molar-refractivity contribution in [2.75, 3.05) is 14.2 Å². The van der Waals surface area contributed by atoms with Crippen molar-refractivity contribution in [1.29, 1.82) is 10.5 Å². The third-order valence-electron chi connectivity index (χ3n) is 7.60. The number of carbonyl (C=O) groups excluding carboxylic acids is 1. The Kier molecular flexibility index (Phi) is 7.52. The summed E-state index contributed by atoms with van der Waals surface area (Å²) in [7, 11) is 3.12. The molecule has 6 aromatic rings. The van der Waals surface area contributed by atoms with E-state index in [1.165, 1.54) is 6.21 Å². The van der Waals surface area contributed by atoms with Crippen LogP contribution in [0.3, 0.4) is 0 Å². The Morgan fingerprint density at radius 3 is 1.93 bits per heavy atom. The number of ether oxygens (including phenoxy) is 2. The van der Waals surface area contributed by atoms with E-state index < -0.39 is 0 Å². The molecule has 0 saturated heterocycles. The zero-order valence-corrected chi connectivity index (χ0v) is 23.9. The Labute approximate surface area is 253 Å². The zero-order chi connectivity index (χ0) is 30.6. The third-order valence-corrected chi connectivity index (χ3v) is 7.60. The van der Waals surface area contributed by atoms with Gasteiger partial charge in [0, 0.05) is 45.7 Å². The number of amides is 1. The summed E-state index contributed by atoms with van der Waals surface area (Å²) in [6.45, 7) is 0. The molecule has 0 bridgehead atoms. The highest BCUT2D eigenvalue weighted by Gasteiger charge is 2.24. The summed E-state index contributed by atoms with van der Waals surface area (Å²) in [6, 6.07) is 28.2. The van der Waals surface area contributed by atoms with Crippen LogP contribution in [0.2, 0.25) is 0 Å². The number of aromatic amines is 2. The molecule has 0 saturated carbocycles. The summed E-state index contributed by atoms with van der Waals surface area (Å²) in [6.07, 6.45) is 5.43. The van der Waals surface area contributed by atoms with Gasteiger partial charge in [0.05, 0.1) is 43.7 Å². The number of rotatable bonds is 8. The average molecular weight is 579 g/mol. The average Bonchev–Trinajstić information content (AvgIpc) is 3.69. The Morgan fingerprint density at radius 2 is 1.39 bits per heavy atom. The van der Waals surface area contributed by atoms with E-state index in [2.05, 4.69) is 32.6 Å². The number of fused-ring (bicyclic) bond motifs is 2. The van der Waals surface area contributed by atoms with Crippen LogP contribution in [0.4, 0.5) is 0 Å². The van der Waals surface area contributed by atoms with Crippen molar-refractivity contribution in [2.24, 2.45) is 5.10 Å². The van der Waals surface area contributed by atoms with Crippen molar-refractivity contribution >= 4 is 33.9 Å². The van der Waals surface area contributed by atoms with Crippen LogP contribution < -0.4 is 14.9 Å². The fraction of sp³-hybridized carbons (Fsp3) is 0.0857. The molecule has 44 heavy (non-hydrogen) atoms. The van der Waals surface area contributed by atoms with Gasteiger partial charge in [-0.2, -0.15) is 15.6 Å². The molecule has 0 aliphatic rings. The number of nitriles is 2. The van der Waals surface area contributed by atoms with Crippen molar-refractivity contribution in [3.63, 3.8) is 0 Å². The fourth-order valence-electron chi connectivity index (χ4n) is 5.42. The van der Waals surface area contributed by atoms with E-state index in [9.17, 15) is 15.3 Å². The minimum Gasteiger partial charge on any atom is -0.493 e. The first kappa shape index (κ1) is 27.8. The van der Waals surface area contributed by atoms with E-state index in [0.717, 1.165) is 44.1 Å². The van der Waals surface area contributed by atoms with E-state index in [-0.39, 0.29) is 11.8 Å². The molecule has 0 aliphatic carbocycles. The number of methoxy groups -OCH3 is 2. The van der Waals surface area contributed by atoms with Gasteiger partial charge in [-0.1, -0.05) is 12.1 Å². The topological polar surface area (TPSA) is 139 Å². The van der Waals surface area contributed by atoms with Crippen molar-refractivity contribution in [3.05, 3.63) is 130 Å². The molecular weight excluding hydrogens is 552 g/mol. The predicted octanol–water partition coefficient (Wildman–Crippen LogP) is 6.35. The highest BCUT2D eigenvalue weighted by atomic mass is 16.5. The molecule has 2 heterocycles. The molecule has 0 fully saturated rings. The van der Waals surface area contributed by atoms with E-state index in [0.29, 0.717) is 28.2 Å². The monoisotopic (exact) mass is 578 g/mol. The molecule has 214 valence electrons. The lowest BCUT2D eigenvalue weighted by molar-refractivity contribution is 0.0955. The number of hydrogen-bond acceptors (Lipinski definition) is 6. The lowest BCUT2D eigenvalue weighted by Crippen LogP contribution is -2.17. The van der Waals surface area contributed by atoms with E-state index in [4.69, 9.17) is 9.47 Å². The third kappa shape index (κ3) is 5.22. The molecule has 9 heteroatoms. The number of nitrogens with zero attached hydrogens (tertiary/aromatic N) is 3. The van der Waals surface area contributed by atoms with Crippen molar-refractivity contribution in [3.8, 4) is 23.6 Å². The standard InChI is InChI=1S/C35H26N6O3/c1-43-32-12-5-23(15-33(32)44-2)18-40-41-35(42)25-8-6-24(7-9-25)34(28-19-38-30-10-3-21(16-36)13-26(28)30)29-20-39-31-11-4-22(17-37)14-27(29)31/h3-15,18-20,34,38-39H,1-2H3,(H,41,42)/b40-18+. The second kappa shape index (κ2) is 11.9. The maximum Gasteiger partial charge on any atom is 0.271 e. The van der Waals surface area contributed by atoms with Gasteiger partial charge in [0.2, 0.25) is 0 Å². The smallest absolute Gasteiger partial charge is 0.271 e. The van der Waals surface area contributed by atoms with Crippen LogP contribution in [0.15, 0.2) is 96.4 Å². The Morgan fingerprint density at radius 1 is 0.795 bits per heavy atom. The number of H-pyrrole nitrogens is 2. The van der Waals surface area contributed by atoms with Crippen molar-refractivity contribution in [1.82, 2.24) is 15.4 Å². The minimum absolute atomic E-state index is 0.263. The number of aromatic nitrogens is 2. The van der Waals surface area contributed by atoms with Crippen molar-refractivity contribution in [2.45, 2.75) is 5.92 Å². The molecular formula is C35H26N6O3. The molecule has 0 unspecified atom stereocenters. The normalized spacial score (nSPS) is 11.1. The maximum absolute atomic E-state index is 12.9. The number of hydrogen-bond donors (Lipinski definition) is 3. The first-order chi connectivity index (χ1) is 21.5. The summed E-state index contributed by atoms with van der Waals surface area (Å²) < 4.78 is 10.6. The van der Waals surface area contributed by atoms with E-state index in [1.54, 1.807) is 56.7 Å². The first-order valence-electron chi connectivity index (χ1n) is 13.7. The Hall–Kier alpha value is -6.32. The van der Waals surface area contributed by atoms with Crippen LogP contribution in [0.25, 0.3) is 21.8 Å². The second-order valence-electron chi connectivity index (χ2n) is 10.1. The molecule has 1 amide bonds. The summed E-state index contributed by atoms with van der Waals surface area (Å²) in [5.74, 6) is 0.538. The largest absolute Gasteiger partial charge is 0.493 e. The van der Waals surface area contributed by atoms with Gasteiger partial charge in [0.25, 0.3) is 5.91 Å². The summed E-state index contributed by atoms with van der Waals surface area (Å²) in [5, 5.41) is 25.1. The minimum atomic E-state index is -0.360. The van der Waals surface area contributed by atoms with E-state index in [1.807, 2.05) is 48.8 Å². The van der Waals surface area contributed by atoms with Gasteiger partial charge in [-0.05, 0) is 89.0 Å². The molecule has 0 radical (unpaired) electrons. The second-order valence-corrected chi connectivity index (χ2v) is 10.1. The van der Waals surface area contributed by atoms with Gasteiger partial charge in [-0.3, -0.25) is 4.79 Å². The lowest BCUT2D eigenvalue weighted by atomic mass is 9.84. The number of carbonyl (C=O) groups is 1. The quantitative estimate of drug-likeness (QED) is 0.143. The first-order valence-corrected chi connectivity index (χ1v) is 13.7. The van der Waals surface area contributed by atoms with Crippen LogP contribution in [-0.4, -0.2) is 36.3 Å². The molecule has 6 rings (SSSR count). The van der Waals surface area contributed by atoms with Gasteiger partial charge in [-0.25, -0.2) is 5.43 Å². The van der Waals surface area contributed by atoms with Crippen LogP contribution in [0.5, 0.6) is 11.5 Å². The fourth-order valence-corrected chi connectivity index (χ4v) is 5.42. The maximum atomic E-state index is 12.9. The number of nitrogens with one attached hydrogen (secondary N) is 3. The van der Waals surface area contributed by atoms with Crippen molar-refractivity contribution < 1.29 is 14.3 Å². The predicted molar refractivity (Wildman–Crippen MR) is 168 cm³/mol. The molecule has 3 N–H and O–H groups in total. The summed E-state index contributed by atoms with van der Waals surface area (Å²) in [5.41, 5.74) is 9.55. The Balaban J connectivity index is 1.34. The lowest BCUT2D eigenvalue weighted by Gasteiger charge is -2.18. The molecule has 4 aromatic carbocycles. The van der Waals surface area contributed by atoms with Crippen LogP contribution in [0.1, 0.15) is 49.7 Å². The van der Waals surface area contributed by atoms with Gasteiger partial charge in [0.15, 0.2) is 11.5 Å². The number of benzene rings is 4. The van der Waals surface area contributed by atoms with Gasteiger partial charge < -0.3 is 19.4 Å². The molecule has 0 spiro atoms. The SMILES string of the molecule is COc1ccc(/C=N/NC(=O)c2ccc(C(c3c[nH]c4ccc(C#N)cc34)c3c[nH]c4ccc(C#N)cc34)cc2)cc1OC. The van der Waals surface area contributed by atoms with Gasteiger partial charge in [-0.15, -0.1) is 0 Å². The van der Waals surface area contributed by atoms with Gasteiger partial charge >= 0.3 is 0 Å². The molecule has 2 aromatic heterocycles. The van der Waals surface area contributed by atoms with Crippen LogP contribution in [0, 0.1) is 22.7 Å². The van der Waals surface area contributed by atoms with Crippen LogP contribution in [-0.2, 0) is 0 Å². The summed E-state index contributed by atoms with van der Waals surface area (Å²) in [4.78, 5) is 19.6. The molecule has 9 nitrogen and oxygen atoms in total. The zero-order valence-electron chi connectivity index (χ0n) is 23.9. The van der Waals surface area contributed by atoms with Crippen LogP contribution >= 0.6 is 0 Å². The molecule has 0 aliphatic heterocycles. The molecule has 0 atom stereocenters. The highest BCUT2D eigenvalue weighted by molar-refractivity contribution is 5.95. The van der Waals surface area contributed by atoms with E-state index >= 15 is 0 Å². The highest BCUT2D eigenvalue weighted by Crippen LogP contribution is 2.40. The summed E-state index contributed by atoms with van der Waals surface area (Å²) >= 11 is 0. The van der Waals surface area contributed by atoms with Gasteiger partial charge in [0.1, 0.15) is 0 Å². The number of hydrazone groups is 1. The Bertz CT molecular complexity index is 2030.